The van der Waals surface area contributed by atoms with E-state index in [-0.39, 0.29) is 18.3 Å². The Hall–Kier alpha value is -1.64. The fourth-order valence-corrected chi connectivity index (χ4v) is 1.42. The molecule has 1 amide bonds. The molecule has 0 saturated carbocycles. The molecule has 0 aromatic heterocycles. The summed E-state index contributed by atoms with van der Waals surface area (Å²) >= 11 is 0. The van der Waals surface area contributed by atoms with Crippen LogP contribution < -0.4 is 5.32 Å². The number of halogens is 1. The van der Waals surface area contributed by atoms with E-state index in [9.17, 15) is 9.18 Å². The Balaban J connectivity index is 0.000000531. The zero-order chi connectivity index (χ0) is 11.4. The monoisotopic (exact) mass is 207 g/mol. The van der Waals surface area contributed by atoms with Crippen molar-refractivity contribution in [2.75, 3.05) is 0 Å². The SMILES string of the molecule is C=Cc1cc(F)c2c(c1)C(=O)NC2.CC. The summed E-state index contributed by atoms with van der Waals surface area (Å²) in [4.78, 5) is 11.2. The molecular formula is C12H14FNO. The highest BCUT2D eigenvalue weighted by Crippen LogP contribution is 2.21. The quantitative estimate of drug-likeness (QED) is 0.753. The standard InChI is InChI=1S/C10H8FNO.C2H6/c1-2-6-3-7-8(9(11)4-6)5-12-10(7)13;1-2/h2-4H,1,5H2,(H,12,13);1-2H3. The zero-order valence-corrected chi connectivity index (χ0v) is 8.93. The second-order valence-electron chi connectivity index (χ2n) is 2.92. The van der Waals surface area contributed by atoms with Crippen molar-refractivity contribution in [3.63, 3.8) is 0 Å². The van der Waals surface area contributed by atoms with Crippen molar-refractivity contribution in [2.45, 2.75) is 20.4 Å². The fourth-order valence-electron chi connectivity index (χ4n) is 1.42. The highest BCUT2D eigenvalue weighted by molar-refractivity contribution is 5.98. The number of fused-ring (bicyclic) bond motifs is 1. The maximum atomic E-state index is 13.3. The van der Waals surface area contributed by atoms with Crippen molar-refractivity contribution >= 4 is 12.0 Å². The van der Waals surface area contributed by atoms with Crippen LogP contribution in [-0.2, 0) is 6.54 Å². The van der Waals surface area contributed by atoms with Crippen LogP contribution in [0.15, 0.2) is 18.7 Å². The van der Waals surface area contributed by atoms with Crippen molar-refractivity contribution in [1.82, 2.24) is 5.32 Å². The minimum absolute atomic E-state index is 0.211. The molecule has 1 aliphatic heterocycles. The number of amides is 1. The molecule has 0 bridgehead atoms. The summed E-state index contributed by atoms with van der Waals surface area (Å²) in [7, 11) is 0. The number of rotatable bonds is 1. The smallest absolute Gasteiger partial charge is 0.252 e. The summed E-state index contributed by atoms with van der Waals surface area (Å²) < 4.78 is 13.3. The number of carbonyl (C=O) groups is 1. The highest BCUT2D eigenvalue weighted by Gasteiger charge is 2.22. The van der Waals surface area contributed by atoms with Gasteiger partial charge in [0.25, 0.3) is 5.91 Å². The van der Waals surface area contributed by atoms with Gasteiger partial charge in [0.1, 0.15) is 5.82 Å². The van der Waals surface area contributed by atoms with Crippen LogP contribution in [0.5, 0.6) is 0 Å². The molecule has 0 fully saturated rings. The van der Waals surface area contributed by atoms with Gasteiger partial charge in [-0.1, -0.05) is 26.5 Å². The lowest BCUT2D eigenvalue weighted by Crippen LogP contribution is -2.12. The van der Waals surface area contributed by atoms with E-state index in [4.69, 9.17) is 0 Å². The van der Waals surface area contributed by atoms with E-state index in [0.717, 1.165) is 0 Å². The summed E-state index contributed by atoms with van der Waals surface area (Å²) in [5.41, 5.74) is 1.51. The summed E-state index contributed by atoms with van der Waals surface area (Å²) in [6.45, 7) is 7.81. The predicted octanol–water partition coefficient (Wildman–Crippen LogP) is 2.74. The first-order chi connectivity index (χ1) is 7.22. The van der Waals surface area contributed by atoms with Gasteiger partial charge in [0.2, 0.25) is 0 Å². The fraction of sp³-hybridized carbons (Fsp3) is 0.250. The van der Waals surface area contributed by atoms with Gasteiger partial charge in [-0.3, -0.25) is 4.79 Å². The lowest BCUT2D eigenvalue weighted by atomic mass is 10.1. The third-order valence-electron chi connectivity index (χ3n) is 2.12. The summed E-state index contributed by atoms with van der Waals surface area (Å²) in [6, 6.07) is 3.03. The molecule has 0 unspecified atom stereocenters. The summed E-state index contributed by atoms with van der Waals surface area (Å²) in [5.74, 6) is -0.552. The van der Waals surface area contributed by atoms with E-state index in [1.807, 2.05) is 13.8 Å². The first kappa shape index (κ1) is 11.4. The van der Waals surface area contributed by atoms with Gasteiger partial charge < -0.3 is 5.32 Å². The Morgan fingerprint density at radius 2 is 2.13 bits per heavy atom. The van der Waals surface area contributed by atoms with Crippen molar-refractivity contribution in [1.29, 1.82) is 0 Å². The van der Waals surface area contributed by atoms with Gasteiger partial charge in [-0.25, -0.2) is 4.39 Å². The lowest BCUT2D eigenvalue weighted by Gasteiger charge is -1.99. The van der Waals surface area contributed by atoms with Gasteiger partial charge in [0, 0.05) is 17.7 Å². The van der Waals surface area contributed by atoms with Crippen molar-refractivity contribution < 1.29 is 9.18 Å². The summed E-state index contributed by atoms with van der Waals surface area (Å²) in [6.07, 6.45) is 1.52. The minimum Gasteiger partial charge on any atom is -0.348 e. The molecule has 3 heteroatoms. The molecule has 0 aliphatic carbocycles. The Morgan fingerprint density at radius 3 is 2.73 bits per heavy atom. The van der Waals surface area contributed by atoms with Gasteiger partial charge in [-0.05, 0) is 17.7 Å². The maximum Gasteiger partial charge on any atom is 0.252 e. The first-order valence-electron chi connectivity index (χ1n) is 4.95. The van der Waals surface area contributed by atoms with Crippen LogP contribution >= 0.6 is 0 Å². The molecule has 0 saturated heterocycles. The molecule has 15 heavy (non-hydrogen) atoms. The Kier molecular flexibility index (Phi) is 3.61. The molecule has 1 aliphatic rings. The van der Waals surface area contributed by atoms with Crippen LogP contribution in [0.3, 0.4) is 0 Å². The van der Waals surface area contributed by atoms with Gasteiger partial charge in [-0.2, -0.15) is 0 Å². The average molecular weight is 207 g/mol. The van der Waals surface area contributed by atoms with Gasteiger partial charge >= 0.3 is 0 Å². The van der Waals surface area contributed by atoms with Gasteiger partial charge in [0.15, 0.2) is 0 Å². The van der Waals surface area contributed by atoms with E-state index in [1.165, 1.54) is 12.1 Å². The number of benzene rings is 1. The maximum absolute atomic E-state index is 13.3. The second kappa shape index (κ2) is 4.73. The van der Waals surface area contributed by atoms with Crippen molar-refractivity contribution in [3.05, 3.63) is 41.2 Å². The molecule has 2 rings (SSSR count). The molecule has 0 spiro atoms. The third-order valence-corrected chi connectivity index (χ3v) is 2.12. The van der Waals surface area contributed by atoms with Gasteiger partial charge in [-0.15, -0.1) is 0 Å². The molecular weight excluding hydrogens is 193 g/mol. The number of hydrogen-bond acceptors (Lipinski definition) is 1. The van der Waals surface area contributed by atoms with E-state index in [0.29, 0.717) is 16.7 Å². The highest BCUT2D eigenvalue weighted by atomic mass is 19.1. The molecule has 1 aromatic carbocycles. The molecule has 1 heterocycles. The van der Waals surface area contributed by atoms with Crippen LogP contribution in [0.25, 0.3) is 6.08 Å². The molecule has 1 aromatic rings. The van der Waals surface area contributed by atoms with Crippen molar-refractivity contribution in [3.8, 4) is 0 Å². The molecule has 2 nitrogen and oxygen atoms in total. The van der Waals surface area contributed by atoms with E-state index < -0.39 is 0 Å². The summed E-state index contributed by atoms with van der Waals surface area (Å²) in [5, 5.41) is 2.56. The number of carbonyl (C=O) groups excluding carboxylic acids is 1. The average Bonchev–Trinajstić information content (AvgIpc) is 2.64. The third kappa shape index (κ3) is 2.06. The predicted molar refractivity (Wildman–Crippen MR) is 59.0 cm³/mol. The molecule has 0 radical (unpaired) electrons. The molecule has 1 N–H and O–H groups in total. The second-order valence-corrected chi connectivity index (χ2v) is 2.92. The largest absolute Gasteiger partial charge is 0.348 e. The topological polar surface area (TPSA) is 29.1 Å². The normalized spacial score (nSPS) is 12.3. The number of hydrogen-bond donors (Lipinski definition) is 1. The van der Waals surface area contributed by atoms with Crippen LogP contribution in [0, 0.1) is 5.82 Å². The van der Waals surface area contributed by atoms with Crippen LogP contribution in [0.1, 0.15) is 35.3 Å². The lowest BCUT2D eigenvalue weighted by molar-refractivity contribution is 0.0965. The van der Waals surface area contributed by atoms with Crippen LogP contribution in [0.4, 0.5) is 4.39 Å². The Morgan fingerprint density at radius 1 is 1.47 bits per heavy atom. The Labute approximate surface area is 88.8 Å². The molecule has 80 valence electrons. The van der Waals surface area contributed by atoms with E-state index >= 15 is 0 Å². The minimum atomic E-state index is -0.342. The number of nitrogens with one attached hydrogen (secondary N) is 1. The van der Waals surface area contributed by atoms with E-state index in [1.54, 1.807) is 6.07 Å². The van der Waals surface area contributed by atoms with Gasteiger partial charge in [0.05, 0.1) is 0 Å². The van der Waals surface area contributed by atoms with Crippen LogP contribution in [-0.4, -0.2) is 5.91 Å². The first-order valence-corrected chi connectivity index (χ1v) is 4.95. The van der Waals surface area contributed by atoms with Crippen molar-refractivity contribution in [2.24, 2.45) is 0 Å². The molecule has 0 atom stereocenters. The Bertz CT molecular complexity index is 399. The van der Waals surface area contributed by atoms with Crippen LogP contribution in [0.2, 0.25) is 0 Å². The zero-order valence-electron chi connectivity index (χ0n) is 8.93. The van der Waals surface area contributed by atoms with E-state index in [2.05, 4.69) is 11.9 Å².